The second kappa shape index (κ2) is 6.66. The summed E-state index contributed by atoms with van der Waals surface area (Å²) in [4.78, 5) is 2.38. The Hall–Kier alpha value is -0.860. The van der Waals surface area contributed by atoms with E-state index in [2.05, 4.69) is 61.4 Å². The van der Waals surface area contributed by atoms with Crippen molar-refractivity contribution < 1.29 is 0 Å². The van der Waals surface area contributed by atoms with Gasteiger partial charge in [-0.1, -0.05) is 30.3 Å². The molecular weight excluding hydrogens is 196 g/mol. The van der Waals surface area contributed by atoms with E-state index in [-0.39, 0.29) is 0 Å². The molecule has 1 aromatic rings. The number of rotatable bonds is 6. The average Bonchev–Trinajstić information content (AvgIpc) is 2.30. The highest BCUT2D eigenvalue weighted by Gasteiger charge is 2.10. The summed E-state index contributed by atoms with van der Waals surface area (Å²) in [6.45, 7) is 5.59. The number of hydrogen-bond donors (Lipinski definition) is 1. The zero-order valence-corrected chi connectivity index (χ0v) is 10.9. The molecule has 0 aliphatic heterocycles. The van der Waals surface area contributed by atoms with Crippen LogP contribution >= 0.6 is 0 Å². The van der Waals surface area contributed by atoms with E-state index in [4.69, 9.17) is 0 Å². The molecule has 0 saturated heterocycles. The van der Waals surface area contributed by atoms with Gasteiger partial charge in [-0.25, -0.2) is 0 Å². The fourth-order valence-corrected chi connectivity index (χ4v) is 1.75. The minimum atomic E-state index is 0.461. The molecule has 16 heavy (non-hydrogen) atoms. The summed E-state index contributed by atoms with van der Waals surface area (Å²) in [5.41, 5.74) is 1.38. The van der Waals surface area contributed by atoms with Crippen molar-refractivity contribution in [3.8, 4) is 0 Å². The van der Waals surface area contributed by atoms with E-state index in [1.165, 1.54) is 5.56 Å². The van der Waals surface area contributed by atoms with Crippen LogP contribution in [0.4, 0.5) is 0 Å². The summed E-state index contributed by atoms with van der Waals surface area (Å²) in [5, 5.41) is 3.39. The van der Waals surface area contributed by atoms with E-state index in [0.717, 1.165) is 13.0 Å². The Kier molecular flexibility index (Phi) is 5.50. The fourth-order valence-electron chi connectivity index (χ4n) is 1.75. The lowest BCUT2D eigenvalue weighted by atomic mass is 10.0. The molecule has 0 aliphatic carbocycles. The molecule has 1 unspecified atom stereocenters. The van der Waals surface area contributed by atoms with Gasteiger partial charge in [0.2, 0.25) is 0 Å². The molecule has 0 heterocycles. The second-order valence-electron chi connectivity index (χ2n) is 4.61. The molecule has 0 bridgehead atoms. The van der Waals surface area contributed by atoms with Gasteiger partial charge < -0.3 is 10.2 Å². The van der Waals surface area contributed by atoms with Crippen LogP contribution in [0.3, 0.4) is 0 Å². The van der Waals surface area contributed by atoms with Crippen LogP contribution in [-0.4, -0.2) is 31.6 Å². The quantitative estimate of drug-likeness (QED) is 0.793. The molecule has 1 atom stereocenters. The minimum absolute atomic E-state index is 0.461. The van der Waals surface area contributed by atoms with Gasteiger partial charge in [0.1, 0.15) is 0 Å². The molecule has 0 fully saturated rings. The first kappa shape index (κ1) is 13.2. The Morgan fingerprint density at radius 3 is 2.31 bits per heavy atom. The molecule has 0 saturated carbocycles. The van der Waals surface area contributed by atoms with Crippen molar-refractivity contribution >= 4 is 0 Å². The monoisotopic (exact) mass is 220 g/mol. The maximum absolute atomic E-state index is 3.39. The Bertz CT molecular complexity index is 282. The maximum atomic E-state index is 3.39. The van der Waals surface area contributed by atoms with Crippen LogP contribution < -0.4 is 5.32 Å². The summed E-state index contributed by atoms with van der Waals surface area (Å²) >= 11 is 0. The zero-order chi connectivity index (χ0) is 12.0. The summed E-state index contributed by atoms with van der Waals surface area (Å²) in [6.07, 6.45) is 1.15. The van der Waals surface area contributed by atoms with Crippen LogP contribution in [-0.2, 0) is 0 Å². The number of benzene rings is 1. The first-order valence-electron chi connectivity index (χ1n) is 6.07. The smallest absolute Gasteiger partial charge is 0.0329 e. The van der Waals surface area contributed by atoms with E-state index >= 15 is 0 Å². The van der Waals surface area contributed by atoms with Gasteiger partial charge in [0.15, 0.2) is 0 Å². The molecule has 90 valence electrons. The predicted molar refractivity (Wildman–Crippen MR) is 70.6 cm³/mol. The highest BCUT2D eigenvalue weighted by atomic mass is 15.1. The number of hydrogen-bond acceptors (Lipinski definition) is 2. The van der Waals surface area contributed by atoms with Crippen molar-refractivity contribution in [1.82, 2.24) is 10.2 Å². The molecule has 1 N–H and O–H groups in total. The average molecular weight is 220 g/mol. The van der Waals surface area contributed by atoms with Crippen LogP contribution in [0, 0.1) is 0 Å². The van der Waals surface area contributed by atoms with Gasteiger partial charge in [-0.2, -0.15) is 0 Å². The van der Waals surface area contributed by atoms with Crippen LogP contribution in [0.15, 0.2) is 30.3 Å². The van der Waals surface area contributed by atoms with Crippen molar-refractivity contribution in [3.05, 3.63) is 35.9 Å². The van der Waals surface area contributed by atoms with Gasteiger partial charge in [-0.3, -0.25) is 0 Å². The molecule has 0 amide bonds. The summed E-state index contributed by atoms with van der Waals surface area (Å²) in [7, 11) is 4.22. The van der Waals surface area contributed by atoms with Crippen molar-refractivity contribution in [3.63, 3.8) is 0 Å². The lowest BCUT2D eigenvalue weighted by Gasteiger charge is -2.24. The molecule has 2 nitrogen and oxygen atoms in total. The summed E-state index contributed by atoms with van der Waals surface area (Å²) in [6, 6.07) is 11.7. The SMILES string of the molecule is CNC(CCN(C)C(C)C)c1ccccc1. The van der Waals surface area contributed by atoms with E-state index in [0.29, 0.717) is 12.1 Å². The molecule has 0 spiro atoms. The van der Waals surface area contributed by atoms with E-state index in [9.17, 15) is 0 Å². The molecule has 2 heteroatoms. The third-order valence-electron chi connectivity index (χ3n) is 3.20. The third kappa shape index (κ3) is 3.95. The normalized spacial score (nSPS) is 13.4. The van der Waals surface area contributed by atoms with Crippen molar-refractivity contribution in [1.29, 1.82) is 0 Å². The summed E-state index contributed by atoms with van der Waals surface area (Å²) in [5.74, 6) is 0. The zero-order valence-electron chi connectivity index (χ0n) is 10.9. The molecule has 1 rings (SSSR count). The van der Waals surface area contributed by atoms with Crippen LogP contribution in [0.25, 0.3) is 0 Å². The number of nitrogens with one attached hydrogen (secondary N) is 1. The lowest BCUT2D eigenvalue weighted by molar-refractivity contribution is 0.258. The van der Waals surface area contributed by atoms with Crippen LogP contribution in [0.1, 0.15) is 31.9 Å². The number of nitrogens with zero attached hydrogens (tertiary/aromatic N) is 1. The Morgan fingerprint density at radius 1 is 1.19 bits per heavy atom. The van der Waals surface area contributed by atoms with Crippen molar-refractivity contribution in [2.24, 2.45) is 0 Å². The van der Waals surface area contributed by atoms with E-state index in [1.807, 2.05) is 7.05 Å². The second-order valence-corrected chi connectivity index (χ2v) is 4.61. The minimum Gasteiger partial charge on any atom is -0.313 e. The maximum Gasteiger partial charge on any atom is 0.0329 e. The molecular formula is C14H24N2. The molecule has 1 aromatic carbocycles. The fraction of sp³-hybridized carbons (Fsp3) is 0.571. The Morgan fingerprint density at radius 2 is 1.81 bits per heavy atom. The molecule has 0 aliphatic rings. The van der Waals surface area contributed by atoms with Gasteiger partial charge >= 0.3 is 0 Å². The van der Waals surface area contributed by atoms with Gasteiger partial charge in [0, 0.05) is 12.1 Å². The van der Waals surface area contributed by atoms with Gasteiger partial charge in [-0.15, -0.1) is 0 Å². The summed E-state index contributed by atoms with van der Waals surface area (Å²) < 4.78 is 0. The Balaban J connectivity index is 2.50. The van der Waals surface area contributed by atoms with Crippen LogP contribution in [0.5, 0.6) is 0 Å². The topological polar surface area (TPSA) is 15.3 Å². The Labute approximate surface area is 99.7 Å². The van der Waals surface area contributed by atoms with Crippen LogP contribution in [0.2, 0.25) is 0 Å². The van der Waals surface area contributed by atoms with Crippen molar-refractivity contribution in [2.45, 2.75) is 32.4 Å². The highest BCUT2D eigenvalue weighted by molar-refractivity contribution is 5.18. The first-order chi connectivity index (χ1) is 7.65. The van der Waals surface area contributed by atoms with Gasteiger partial charge in [0.05, 0.1) is 0 Å². The van der Waals surface area contributed by atoms with Crippen molar-refractivity contribution in [2.75, 3.05) is 20.6 Å². The van der Waals surface area contributed by atoms with Gasteiger partial charge in [-0.05, 0) is 46.5 Å². The standard InChI is InChI=1S/C14H24N2/c1-12(2)16(4)11-10-14(15-3)13-8-6-5-7-9-13/h5-9,12,14-15H,10-11H2,1-4H3. The molecule has 0 aromatic heterocycles. The van der Waals surface area contributed by atoms with Gasteiger partial charge in [0.25, 0.3) is 0 Å². The third-order valence-corrected chi connectivity index (χ3v) is 3.20. The lowest BCUT2D eigenvalue weighted by Crippen LogP contribution is -2.30. The predicted octanol–water partition coefficient (Wildman–Crippen LogP) is 2.68. The largest absolute Gasteiger partial charge is 0.313 e. The highest BCUT2D eigenvalue weighted by Crippen LogP contribution is 2.16. The first-order valence-corrected chi connectivity index (χ1v) is 6.07. The molecule has 0 radical (unpaired) electrons. The van der Waals surface area contributed by atoms with E-state index in [1.54, 1.807) is 0 Å². The van der Waals surface area contributed by atoms with E-state index < -0.39 is 0 Å².